The second-order valence-corrected chi connectivity index (χ2v) is 6.65. The van der Waals surface area contributed by atoms with E-state index in [1.54, 1.807) is 17.0 Å². The monoisotopic (exact) mass is 379 g/mol. The number of guanidine groups is 1. The first-order valence-electron chi connectivity index (χ1n) is 9.53. The fourth-order valence-corrected chi connectivity index (χ4v) is 2.88. The number of hydrogen-bond acceptors (Lipinski definition) is 3. The van der Waals surface area contributed by atoms with Crippen LogP contribution in [0.5, 0.6) is 0 Å². The van der Waals surface area contributed by atoms with Crippen LogP contribution in [0.25, 0.3) is 0 Å². The Hall–Kier alpha value is -2.15. The van der Waals surface area contributed by atoms with Gasteiger partial charge in [-0.2, -0.15) is 0 Å². The molecule has 0 aromatic heterocycles. The molecule has 1 atom stereocenters. The smallest absolute Gasteiger partial charge is 0.242 e. The molecule has 0 spiro atoms. The van der Waals surface area contributed by atoms with E-state index in [1.165, 1.54) is 6.07 Å². The second-order valence-electron chi connectivity index (χ2n) is 6.65. The first-order chi connectivity index (χ1) is 12.8. The number of carbonyl (C=O) groups is 1. The van der Waals surface area contributed by atoms with Crippen LogP contribution < -0.4 is 5.32 Å². The Kier molecular flexibility index (Phi) is 9.78. The molecule has 0 aliphatic heterocycles. The summed E-state index contributed by atoms with van der Waals surface area (Å²) in [7, 11) is 5.76. The minimum atomic E-state index is -0.253. The minimum Gasteiger partial charge on any atom is -0.357 e. The fraction of sp³-hybridized carbons (Fsp3) is 0.600. The number of nitrogens with zero attached hydrogens (tertiary/aromatic N) is 4. The molecule has 1 aromatic carbocycles. The van der Waals surface area contributed by atoms with Crippen molar-refractivity contribution in [2.45, 2.75) is 26.8 Å². The normalized spacial score (nSPS) is 12.8. The summed E-state index contributed by atoms with van der Waals surface area (Å²) in [4.78, 5) is 22.7. The Morgan fingerprint density at radius 2 is 1.85 bits per heavy atom. The van der Waals surface area contributed by atoms with Crippen LogP contribution >= 0.6 is 0 Å². The maximum Gasteiger partial charge on any atom is 0.242 e. The number of rotatable bonds is 9. The summed E-state index contributed by atoms with van der Waals surface area (Å²) in [5, 5.41) is 3.23. The summed E-state index contributed by atoms with van der Waals surface area (Å²) < 4.78 is 13.6. The predicted molar refractivity (Wildman–Crippen MR) is 109 cm³/mol. The number of amides is 1. The molecule has 1 rings (SSSR count). The molecular formula is C20H34FN5O. The van der Waals surface area contributed by atoms with E-state index in [9.17, 15) is 9.18 Å². The molecule has 0 aliphatic carbocycles. The van der Waals surface area contributed by atoms with Gasteiger partial charge in [-0.15, -0.1) is 0 Å². The van der Waals surface area contributed by atoms with Crippen LogP contribution in [-0.4, -0.2) is 80.4 Å². The molecular weight excluding hydrogens is 345 g/mol. The average Bonchev–Trinajstić information content (AvgIpc) is 2.61. The van der Waals surface area contributed by atoms with Crippen molar-refractivity contribution in [3.63, 3.8) is 0 Å². The highest BCUT2D eigenvalue weighted by Crippen LogP contribution is 2.19. The summed E-state index contributed by atoms with van der Waals surface area (Å²) in [5.41, 5.74) is 0.876. The van der Waals surface area contributed by atoms with E-state index in [-0.39, 0.29) is 24.3 Å². The van der Waals surface area contributed by atoms with Gasteiger partial charge < -0.3 is 20.0 Å². The summed E-state index contributed by atoms with van der Waals surface area (Å²) in [6.45, 7) is 8.75. The first kappa shape index (κ1) is 22.9. The predicted octanol–water partition coefficient (Wildman–Crippen LogP) is 2.19. The van der Waals surface area contributed by atoms with Crippen LogP contribution in [0.15, 0.2) is 29.3 Å². The van der Waals surface area contributed by atoms with Crippen molar-refractivity contribution in [1.29, 1.82) is 0 Å². The van der Waals surface area contributed by atoms with E-state index in [1.807, 2.05) is 57.8 Å². The molecule has 0 bridgehead atoms. The first-order valence-corrected chi connectivity index (χ1v) is 9.53. The number of nitrogens with one attached hydrogen (secondary N) is 1. The minimum absolute atomic E-state index is 0.0544. The summed E-state index contributed by atoms with van der Waals surface area (Å²) in [6.07, 6.45) is 0. The quantitative estimate of drug-likeness (QED) is 0.528. The lowest BCUT2D eigenvalue weighted by Crippen LogP contribution is -2.46. The molecule has 0 aliphatic rings. The van der Waals surface area contributed by atoms with E-state index in [4.69, 9.17) is 4.99 Å². The molecule has 27 heavy (non-hydrogen) atoms. The maximum absolute atomic E-state index is 13.6. The van der Waals surface area contributed by atoms with Gasteiger partial charge in [0.25, 0.3) is 0 Å². The van der Waals surface area contributed by atoms with Crippen LogP contribution in [-0.2, 0) is 4.79 Å². The topological polar surface area (TPSA) is 51.2 Å². The van der Waals surface area contributed by atoms with Gasteiger partial charge in [-0.05, 0) is 52.6 Å². The Morgan fingerprint density at radius 3 is 2.37 bits per heavy atom. The van der Waals surface area contributed by atoms with Crippen molar-refractivity contribution < 1.29 is 9.18 Å². The highest BCUT2D eigenvalue weighted by atomic mass is 19.1. The number of aliphatic imine (C=N–C) groups is 1. The zero-order chi connectivity index (χ0) is 20.4. The lowest BCUT2D eigenvalue weighted by atomic mass is 10.1. The third kappa shape index (κ3) is 7.17. The number of carbonyl (C=O) groups excluding carboxylic acids is 1. The van der Waals surface area contributed by atoms with Crippen LogP contribution in [0.2, 0.25) is 0 Å². The molecule has 0 saturated heterocycles. The maximum atomic E-state index is 13.6. The van der Waals surface area contributed by atoms with Crippen LogP contribution in [0.1, 0.15) is 32.4 Å². The number of benzene rings is 1. The van der Waals surface area contributed by atoms with Gasteiger partial charge in [-0.25, -0.2) is 4.39 Å². The van der Waals surface area contributed by atoms with Gasteiger partial charge in [0.2, 0.25) is 5.91 Å². The third-order valence-electron chi connectivity index (χ3n) is 4.46. The number of hydrogen-bond donors (Lipinski definition) is 1. The molecule has 0 radical (unpaired) electrons. The Labute approximate surface area is 163 Å². The Bertz CT molecular complexity index is 616. The second kappa shape index (κ2) is 11.5. The zero-order valence-corrected chi connectivity index (χ0v) is 17.5. The molecule has 0 fully saturated rings. The summed E-state index contributed by atoms with van der Waals surface area (Å²) >= 11 is 0. The van der Waals surface area contributed by atoms with Crippen molar-refractivity contribution in [3.05, 3.63) is 35.6 Å². The molecule has 0 heterocycles. The van der Waals surface area contributed by atoms with Crippen molar-refractivity contribution >= 4 is 11.9 Å². The molecule has 1 N–H and O–H groups in total. The van der Waals surface area contributed by atoms with Gasteiger partial charge >= 0.3 is 0 Å². The highest BCUT2D eigenvalue weighted by molar-refractivity contribution is 5.86. The Balaban J connectivity index is 2.93. The number of likely N-dealkylation sites (N-methyl/N-ethyl adjacent to an activating group) is 3. The van der Waals surface area contributed by atoms with Gasteiger partial charge in [0.1, 0.15) is 5.82 Å². The van der Waals surface area contributed by atoms with Crippen molar-refractivity contribution in [3.8, 4) is 0 Å². The molecule has 1 amide bonds. The van der Waals surface area contributed by atoms with E-state index in [2.05, 4.69) is 5.32 Å². The van der Waals surface area contributed by atoms with Gasteiger partial charge in [-0.3, -0.25) is 9.79 Å². The van der Waals surface area contributed by atoms with Crippen molar-refractivity contribution in [2.75, 3.05) is 53.9 Å². The van der Waals surface area contributed by atoms with E-state index in [0.717, 1.165) is 5.56 Å². The van der Waals surface area contributed by atoms with Crippen molar-refractivity contribution in [2.24, 2.45) is 4.99 Å². The molecule has 1 unspecified atom stereocenters. The van der Waals surface area contributed by atoms with E-state index in [0.29, 0.717) is 32.1 Å². The zero-order valence-electron chi connectivity index (χ0n) is 17.5. The summed E-state index contributed by atoms with van der Waals surface area (Å²) in [5.74, 6) is 0.487. The van der Waals surface area contributed by atoms with Crippen molar-refractivity contribution in [1.82, 2.24) is 20.0 Å². The largest absolute Gasteiger partial charge is 0.357 e. The van der Waals surface area contributed by atoms with Gasteiger partial charge in [0, 0.05) is 26.7 Å². The van der Waals surface area contributed by atoms with Crippen LogP contribution in [0.3, 0.4) is 0 Å². The molecule has 1 aromatic rings. The standard InChI is InChI=1S/C20H34FN5O/c1-7-22-20(25(6)15-19(27)26(8-2)9-3)23-14-18(24(4)5)16-11-10-12-17(21)13-16/h10-13,18H,7-9,14-15H2,1-6H3,(H,22,23). The fourth-order valence-electron chi connectivity index (χ4n) is 2.88. The van der Waals surface area contributed by atoms with Gasteiger partial charge in [0.15, 0.2) is 5.96 Å². The van der Waals surface area contributed by atoms with Crippen LogP contribution in [0, 0.1) is 5.82 Å². The molecule has 0 saturated carbocycles. The van der Waals surface area contributed by atoms with Crippen LogP contribution in [0.4, 0.5) is 4.39 Å². The molecule has 152 valence electrons. The van der Waals surface area contributed by atoms with Gasteiger partial charge in [-0.1, -0.05) is 12.1 Å². The van der Waals surface area contributed by atoms with Gasteiger partial charge in [0.05, 0.1) is 19.1 Å². The van der Waals surface area contributed by atoms with E-state index >= 15 is 0 Å². The number of halogens is 1. The molecule has 6 nitrogen and oxygen atoms in total. The Morgan fingerprint density at radius 1 is 1.19 bits per heavy atom. The third-order valence-corrected chi connectivity index (χ3v) is 4.46. The lowest BCUT2D eigenvalue weighted by molar-refractivity contribution is -0.131. The lowest BCUT2D eigenvalue weighted by Gasteiger charge is -2.27. The summed E-state index contributed by atoms with van der Waals surface area (Å²) in [6, 6.07) is 6.55. The van der Waals surface area contributed by atoms with E-state index < -0.39 is 0 Å². The average molecular weight is 380 g/mol. The molecule has 7 heteroatoms. The SMILES string of the molecule is CCNC(=NCC(c1cccc(F)c1)N(C)C)N(C)CC(=O)N(CC)CC. The highest BCUT2D eigenvalue weighted by Gasteiger charge is 2.18.